The molecule has 8 heteroatoms. The molecule has 100 valence electrons. The quantitative estimate of drug-likeness (QED) is 0.659. The highest BCUT2D eigenvalue weighted by molar-refractivity contribution is 7.89. The van der Waals surface area contributed by atoms with Gasteiger partial charge in [0.05, 0.1) is 10.6 Å². The van der Waals surface area contributed by atoms with Crippen molar-refractivity contribution >= 4 is 21.6 Å². The first-order valence-corrected chi connectivity index (χ1v) is 6.66. The fourth-order valence-corrected chi connectivity index (χ4v) is 1.78. The monoisotopic (exact) mass is 275 g/mol. The van der Waals surface area contributed by atoms with Gasteiger partial charge in [-0.1, -0.05) is 0 Å². The Hall–Kier alpha value is -1.67. The van der Waals surface area contributed by atoms with Crippen molar-refractivity contribution in [2.75, 3.05) is 18.4 Å². The molecule has 0 spiro atoms. The molecule has 6 nitrogen and oxygen atoms in total. The molecule has 1 rings (SSSR count). The van der Waals surface area contributed by atoms with Crippen LogP contribution in [0.25, 0.3) is 0 Å². The zero-order chi connectivity index (χ0) is 13.8. The SMILES string of the molecule is CC(=O)NCCNc1ccc(S(N)(=O)=O)cc1F. The van der Waals surface area contributed by atoms with E-state index in [2.05, 4.69) is 10.6 Å². The molecule has 0 saturated heterocycles. The van der Waals surface area contributed by atoms with Gasteiger partial charge < -0.3 is 10.6 Å². The van der Waals surface area contributed by atoms with Crippen LogP contribution in [0.1, 0.15) is 6.92 Å². The Kier molecular flexibility index (Phi) is 4.62. The second-order valence-corrected chi connectivity index (χ2v) is 5.16. The lowest BCUT2D eigenvalue weighted by atomic mass is 10.3. The molecule has 0 saturated carbocycles. The van der Waals surface area contributed by atoms with Crippen molar-refractivity contribution in [1.29, 1.82) is 0 Å². The molecule has 0 aliphatic carbocycles. The summed E-state index contributed by atoms with van der Waals surface area (Å²) in [5.41, 5.74) is 0.146. The van der Waals surface area contributed by atoms with E-state index in [1.807, 2.05) is 0 Å². The second-order valence-electron chi connectivity index (χ2n) is 3.60. The maximum Gasteiger partial charge on any atom is 0.238 e. The van der Waals surface area contributed by atoms with E-state index in [1.54, 1.807) is 0 Å². The van der Waals surface area contributed by atoms with Crippen LogP contribution in [0, 0.1) is 5.82 Å². The summed E-state index contributed by atoms with van der Waals surface area (Å²) in [4.78, 5) is 10.3. The number of nitrogens with one attached hydrogen (secondary N) is 2. The standard InChI is InChI=1S/C10H14FN3O3S/c1-7(15)13-4-5-14-10-3-2-8(6-9(10)11)18(12,16)17/h2-3,6,14H,4-5H2,1H3,(H,13,15)(H2,12,16,17). The number of anilines is 1. The average molecular weight is 275 g/mol. The Morgan fingerprint density at radius 2 is 2.06 bits per heavy atom. The fourth-order valence-electron chi connectivity index (χ4n) is 1.25. The van der Waals surface area contributed by atoms with Gasteiger partial charge in [-0.3, -0.25) is 4.79 Å². The number of carbonyl (C=O) groups is 1. The van der Waals surface area contributed by atoms with Crippen molar-refractivity contribution in [3.63, 3.8) is 0 Å². The summed E-state index contributed by atoms with van der Waals surface area (Å²) in [6.07, 6.45) is 0. The number of halogens is 1. The van der Waals surface area contributed by atoms with Gasteiger partial charge in [-0.2, -0.15) is 0 Å². The van der Waals surface area contributed by atoms with Crippen LogP contribution in [-0.2, 0) is 14.8 Å². The highest BCUT2D eigenvalue weighted by Gasteiger charge is 2.11. The molecule has 0 aliphatic rings. The van der Waals surface area contributed by atoms with Gasteiger partial charge in [0, 0.05) is 20.0 Å². The average Bonchev–Trinajstić information content (AvgIpc) is 2.24. The van der Waals surface area contributed by atoms with Gasteiger partial charge in [0.1, 0.15) is 5.82 Å². The van der Waals surface area contributed by atoms with E-state index < -0.39 is 15.8 Å². The van der Waals surface area contributed by atoms with E-state index in [0.29, 0.717) is 13.1 Å². The molecule has 1 aromatic rings. The van der Waals surface area contributed by atoms with E-state index >= 15 is 0 Å². The summed E-state index contributed by atoms with van der Waals surface area (Å²) in [5, 5.41) is 10.1. The molecule has 0 heterocycles. The Morgan fingerprint density at radius 1 is 1.39 bits per heavy atom. The van der Waals surface area contributed by atoms with Crippen molar-refractivity contribution in [3.05, 3.63) is 24.0 Å². The number of primary sulfonamides is 1. The molecular weight excluding hydrogens is 261 g/mol. The number of hydrogen-bond acceptors (Lipinski definition) is 4. The van der Waals surface area contributed by atoms with Crippen molar-refractivity contribution < 1.29 is 17.6 Å². The topological polar surface area (TPSA) is 101 Å². The van der Waals surface area contributed by atoms with Crippen LogP contribution in [0.3, 0.4) is 0 Å². The maximum atomic E-state index is 13.5. The summed E-state index contributed by atoms with van der Waals surface area (Å²) in [5.74, 6) is -0.897. The van der Waals surface area contributed by atoms with E-state index in [0.717, 1.165) is 6.07 Å². The lowest BCUT2D eigenvalue weighted by Gasteiger charge is -2.08. The van der Waals surface area contributed by atoms with Crippen LogP contribution in [0.2, 0.25) is 0 Å². The lowest BCUT2D eigenvalue weighted by molar-refractivity contribution is -0.118. The van der Waals surface area contributed by atoms with Crippen LogP contribution < -0.4 is 15.8 Å². The number of nitrogens with two attached hydrogens (primary N) is 1. The minimum absolute atomic E-state index is 0.146. The highest BCUT2D eigenvalue weighted by atomic mass is 32.2. The van der Waals surface area contributed by atoms with E-state index in [-0.39, 0.29) is 16.5 Å². The first-order chi connectivity index (χ1) is 8.30. The number of rotatable bonds is 5. The minimum Gasteiger partial charge on any atom is -0.381 e. The Morgan fingerprint density at radius 3 is 2.56 bits per heavy atom. The zero-order valence-corrected chi connectivity index (χ0v) is 10.6. The van der Waals surface area contributed by atoms with Gasteiger partial charge in [0.15, 0.2) is 0 Å². The third kappa shape index (κ3) is 4.30. The molecule has 4 N–H and O–H groups in total. The highest BCUT2D eigenvalue weighted by Crippen LogP contribution is 2.17. The van der Waals surface area contributed by atoms with Crippen LogP contribution in [0.5, 0.6) is 0 Å². The first-order valence-electron chi connectivity index (χ1n) is 5.11. The Bertz CT molecular complexity index is 545. The lowest BCUT2D eigenvalue weighted by Crippen LogP contribution is -2.26. The minimum atomic E-state index is -3.90. The van der Waals surface area contributed by atoms with Gasteiger partial charge in [-0.15, -0.1) is 0 Å². The van der Waals surface area contributed by atoms with Gasteiger partial charge in [0.25, 0.3) is 0 Å². The smallest absolute Gasteiger partial charge is 0.238 e. The third-order valence-corrected chi connectivity index (χ3v) is 2.99. The molecule has 18 heavy (non-hydrogen) atoms. The van der Waals surface area contributed by atoms with Crippen LogP contribution >= 0.6 is 0 Å². The number of amides is 1. The van der Waals surface area contributed by atoms with Crippen molar-refractivity contribution in [3.8, 4) is 0 Å². The van der Waals surface area contributed by atoms with Gasteiger partial charge >= 0.3 is 0 Å². The zero-order valence-electron chi connectivity index (χ0n) is 9.73. The third-order valence-electron chi connectivity index (χ3n) is 2.08. The van der Waals surface area contributed by atoms with Gasteiger partial charge in [-0.05, 0) is 18.2 Å². The van der Waals surface area contributed by atoms with E-state index in [1.165, 1.54) is 19.1 Å². The first kappa shape index (κ1) is 14.4. The molecule has 0 unspecified atom stereocenters. The van der Waals surface area contributed by atoms with E-state index in [9.17, 15) is 17.6 Å². The van der Waals surface area contributed by atoms with Gasteiger partial charge in [-0.25, -0.2) is 17.9 Å². The van der Waals surface area contributed by atoms with Crippen LogP contribution in [-0.4, -0.2) is 27.4 Å². The molecule has 0 radical (unpaired) electrons. The predicted octanol–water partition coefficient (Wildman–Crippen LogP) is 0.0211. The number of carbonyl (C=O) groups excluding carboxylic acids is 1. The molecule has 0 atom stereocenters. The molecule has 1 aromatic carbocycles. The van der Waals surface area contributed by atoms with Crippen molar-refractivity contribution in [2.24, 2.45) is 5.14 Å². The van der Waals surface area contributed by atoms with Gasteiger partial charge in [0.2, 0.25) is 15.9 Å². The van der Waals surface area contributed by atoms with Crippen LogP contribution in [0.15, 0.2) is 23.1 Å². The van der Waals surface area contributed by atoms with Crippen LogP contribution in [0.4, 0.5) is 10.1 Å². The summed E-state index contributed by atoms with van der Waals surface area (Å²) >= 11 is 0. The van der Waals surface area contributed by atoms with Crippen molar-refractivity contribution in [1.82, 2.24) is 5.32 Å². The second kappa shape index (κ2) is 5.78. The largest absolute Gasteiger partial charge is 0.381 e. The number of sulfonamides is 1. The Labute approximate surface area is 104 Å². The molecule has 1 amide bonds. The number of benzene rings is 1. The summed E-state index contributed by atoms with van der Waals surface area (Å²) in [7, 11) is -3.90. The molecular formula is C10H14FN3O3S. The molecule has 0 aromatic heterocycles. The summed E-state index contributed by atoms with van der Waals surface area (Å²) in [6, 6.07) is 3.33. The summed E-state index contributed by atoms with van der Waals surface area (Å²) in [6.45, 7) is 2.04. The molecule has 0 fully saturated rings. The maximum absolute atomic E-state index is 13.5. The Balaban J connectivity index is 2.66. The van der Waals surface area contributed by atoms with Crippen molar-refractivity contribution in [2.45, 2.75) is 11.8 Å². The normalized spacial score (nSPS) is 11.1. The predicted molar refractivity (Wildman–Crippen MR) is 64.9 cm³/mol. The fraction of sp³-hybridized carbons (Fsp3) is 0.300. The molecule has 0 bridgehead atoms. The summed E-state index contributed by atoms with van der Waals surface area (Å²) < 4.78 is 35.4. The van der Waals surface area contributed by atoms with E-state index in [4.69, 9.17) is 5.14 Å². The molecule has 0 aliphatic heterocycles. The number of hydrogen-bond donors (Lipinski definition) is 3.